The second-order valence-electron chi connectivity index (χ2n) is 6.93. The van der Waals surface area contributed by atoms with Crippen molar-refractivity contribution in [2.45, 2.75) is 25.7 Å². The molecule has 0 saturated heterocycles. The highest BCUT2D eigenvalue weighted by atomic mass is 16.5. The lowest BCUT2D eigenvalue weighted by Crippen LogP contribution is -2.49. The Balaban J connectivity index is 1.93. The Kier molecular flexibility index (Phi) is 4.60. The van der Waals surface area contributed by atoms with Crippen molar-refractivity contribution in [1.82, 2.24) is 0 Å². The molecule has 0 aliphatic carbocycles. The summed E-state index contributed by atoms with van der Waals surface area (Å²) in [5.41, 5.74) is 4.04. The molecular formula is C22H23NO4. The zero-order chi connectivity index (χ0) is 19.0. The van der Waals surface area contributed by atoms with Crippen molar-refractivity contribution in [2.75, 3.05) is 25.2 Å². The van der Waals surface area contributed by atoms with Crippen molar-refractivity contribution >= 4 is 17.6 Å². The molecular weight excluding hydrogens is 342 g/mol. The molecule has 27 heavy (non-hydrogen) atoms. The van der Waals surface area contributed by atoms with Gasteiger partial charge in [-0.25, -0.2) is 0 Å². The van der Waals surface area contributed by atoms with E-state index in [1.807, 2.05) is 36.4 Å². The molecule has 0 spiro atoms. The Hall–Kier alpha value is -2.82. The SMILES string of the molecule is CCOC(=O)C1C(=O)N2CCCc3cccc(c32)C1c1cccc(OC)c1. The molecule has 0 bridgehead atoms. The minimum Gasteiger partial charge on any atom is -0.497 e. The fourth-order valence-electron chi connectivity index (χ4n) is 4.32. The van der Waals surface area contributed by atoms with Crippen molar-refractivity contribution in [3.63, 3.8) is 0 Å². The highest BCUT2D eigenvalue weighted by Gasteiger charge is 2.47. The number of carbonyl (C=O) groups is 2. The predicted molar refractivity (Wildman–Crippen MR) is 102 cm³/mol. The molecule has 0 fully saturated rings. The van der Waals surface area contributed by atoms with E-state index in [0.29, 0.717) is 12.3 Å². The molecule has 2 atom stereocenters. The summed E-state index contributed by atoms with van der Waals surface area (Å²) in [6.07, 6.45) is 1.85. The number of esters is 1. The number of hydrogen-bond donors (Lipinski definition) is 0. The van der Waals surface area contributed by atoms with Gasteiger partial charge >= 0.3 is 5.97 Å². The first-order valence-corrected chi connectivity index (χ1v) is 9.39. The predicted octanol–water partition coefficient (Wildman–Crippen LogP) is 3.30. The third-order valence-electron chi connectivity index (χ3n) is 5.44. The van der Waals surface area contributed by atoms with Crippen molar-refractivity contribution in [2.24, 2.45) is 5.92 Å². The Bertz CT molecular complexity index is 892. The standard InChI is InChI=1S/C22H23NO4/c1-3-27-22(25)19-18(15-8-4-10-16(13-15)26-2)17-11-5-7-14-9-6-12-23(20(14)17)21(19)24/h4-5,7-8,10-11,13,18-19H,3,6,9,12H2,1-2H3. The van der Waals surface area contributed by atoms with Crippen LogP contribution in [0.3, 0.4) is 0 Å². The van der Waals surface area contributed by atoms with Crippen LogP contribution in [0.15, 0.2) is 42.5 Å². The Labute approximate surface area is 158 Å². The van der Waals surface area contributed by atoms with Gasteiger partial charge in [0.2, 0.25) is 5.91 Å². The number of anilines is 1. The monoisotopic (exact) mass is 365 g/mol. The van der Waals surface area contributed by atoms with Gasteiger partial charge in [0.25, 0.3) is 0 Å². The number of amides is 1. The second kappa shape index (κ2) is 7.06. The Morgan fingerprint density at radius 1 is 1.22 bits per heavy atom. The van der Waals surface area contributed by atoms with E-state index in [4.69, 9.17) is 9.47 Å². The average molecular weight is 365 g/mol. The third-order valence-corrected chi connectivity index (χ3v) is 5.44. The minimum atomic E-state index is -0.877. The van der Waals surface area contributed by atoms with Gasteiger partial charge in [0, 0.05) is 12.5 Å². The van der Waals surface area contributed by atoms with Crippen LogP contribution < -0.4 is 9.64 Å². The number of rotatable bonds is 4. The van der Waals surface area contributed by atoms with Gasteiger partial charge in [0.1, 0.15) is 11.7 Å². The number of methoxy groups -OCH3 is 1. The van der Waals surface area contributed by atoms with E-state index in [0.717, 1.165) is 29.7 Å². The van der Waals surface area contributed by atoms with E-state index < -0.39 is 11.9 Å². The van der Waals surface area contributed by atoms with Gasteiger partial charge in [0.15, 0.2) is 0 Å². The van der Waals surface area contributed by atoms with Crippen LogP contribution in [0.5, 0.6) is 5.75 Å². The van der Waals surface area contributed by atoms with Crippen LogP contribution in [0.2, 0.25) is 0 Å². The molecule has 140 valence electrons. The maximum atomic E-state index is 13.4. The summed E-state index contributed by atoms with van der Waals surface area (Å²) in [5, 5.41) is 0. The van der Waals surface area contributed by atoms with Gasteiger partial charge in [-0.3, -0.25) is 9.59 Å². The molecule has 0 radical (unpaired) electrons. The van der Waals surface area contributed by atoms with Gasteiger partial charge in [-0.15, -0.1) is 0 Å². The molecule has 2 aromatic rings. The summed E-state index contributed by atoms with van der Waals surface area (Å²) in [4.78, 5) is 28.0. The highest BCUT2D eigenvalue weighted by molar-refractivity contribution is 6.10. The molecule has 1 amide bonds. The van der Waals surface area contributed by atoms with Crippen LogP contribution in [-0.4, -0.2) is 32.1 Å². The van der Waals surface area contributed by atoms with Crippen LogP contribution in [0.1, 0.15) is 36.0 Å². The van der Waals surface area contributed by atoms with E-state index in [2.05, 4.69) is 6.07 Å². The maximum Gasteiger partial charge on any atom is 0.319 e. The fraction of sp³-hybridized carbons (Fsp3) is 0.364. The lowest BCUT2D eigenvalue weighted by molar-refractivity contribution is -0.152. The van der Waals surface area contributed by atoms with Gasteiger partial charge in [-0.1, -0.05) is 30.3 Å². The molecule has 0 aromatic heterocycles. The molecule has 5 heteroatoms. The molecule has 2 unspecified atom stereocenters. The van der Waals surface area contributed by atoms with Gasteiger partial charge in [-0.05, 0) is 48.6 Å². The zero-order valence-electron chi connectivity index (χ0n) is 15.6. The van der Waals surface area contributed by atoms with Gasteiger partial charge < -0.3 is 14.4 Å². The lowest BCUT2D eigenvalue weighted by atomic mass is 9.74. The Morgan fingerprint density at radius 3 is 2.81 bits per heavy atom. The van der Waals surface area contributed by atoms with Gasteiger partial charge in [-0.2, -0.15) is 0 Å². The maximum absolute atomic E-state index is 13.4. The van der Waals surface area contributed by atoms with E-state index >= 15 is 0 Å². The van der Waals surface area contributed by atoms with Gasteiger partial charge in [0.05, 0.1) is 19.4 Å². The summed E-state index contributed by atoms with van der Waals surface area (Å²) in [6.45, 7) is 2.66. The van der Waals surface area contributed by atoms with Crippen molar-refractivity contribution in [3.05, 3.63) is 59.2 Å². The summed E-state index contributed by atoms with van der Waals surface area (Å²) < 4.78 is 10.7. The molecule has 2 aromatic carbocycles. The summed E-state index contributed by atoms with van der Waals surface area (Å²) in [5.74, 6) is -1.18. The lowest BCUT2D eigenvalue weighted by Gasteiger charge is -2.42. The van der Waals surface area contributed by atoms with Crippen molar-refractivity contribution in [1.29, 1.82) is 0 Å². The molecule has 0 N–H and O–H groups in total. The smallest absolute Gasteiger partial charge is 0.319 e. The molecule has 2 heterocycles. The number of nitrogens with zero attached hydrogens (tertiary/aromatic N) is 1. The summed E-state index contributed by atoms with van der Waals surface area (Å²) in [6, 6.07) is 13.7. The quantitative estimate of drug-likeness (QED) is 0.616. The van der Waals surface area contributed by atoms with Crippen LogP contribution in [0.25, 0.3) is 0 Å². The molecule has 2 aliphatic rings. The number of para-hydroxylation sites is 1. The summed E-state index contributed by atoms with van der Waals surface area (Å²) >= 11 is 0. The largest absolute Gasteiger partial charge is 0.497 e. The number of aryl methyl sites for hydroxylation is 1. The molecule has 2 aliphatic heterocycles. The van der Waals surface area contributed by atoms with Crippen molar-refractivity contribution < 1.29 is 19.1 Å². The molecule has 5 nitrogen and oxygen atoms in total. The second-order valence-corrected chi connectivity index (χ2v) is 6.93. The minimum absolute atomic E-state index is 0.166. The fourth-order valence-corrected chi connectivity index (χ4v) is 4.32. The van der Waals surface area contributed by atoms with Crippen LogP contribution >= 0.6 is 0 Å². The topological polar surface area (TPSA) is 55.8 Å². The van der Waals surface area contributed by atoms with E-state index in [-0.39, 0.29) is 18.4 Å². The summed E-state index contributed by atoms with van der Waals surface area (Å²) in [7, 11) is 1.61. The normalized spacial score (nSPS) is 20.8. The molecule has 4 rings (SSSR count). The van der Waals surface area contributed by atoms with E-state index in [9.17, 15) is 9.59 Å². The third kappa shape index (κ3) is 2.87. The number of carbonyl (C=O) groups excluding carboxylic acids is 2. The first-order chi connectivity index (χ1) is 13.2. The first kappa shape index (κ1) is 17.6. The number of hydrogen-bond acceptors (Lipinski definition) is 4. The van der Waals surface area contributed by atoms with Crippen LogP contribution in [-0.2, 0) is 20.7 Å². The number of benzene rings is 2. The highest BCUT2D eigenvalue weighted by Crippen LogP contribution is 2.47. The Morgan fingerprint density at radius 2 is 2.04 bits per heavy atom. The number of ether oxygens (including phenoxy) is 2. The first-order valence-electron chi connectivity index (χ1n) is 9.39. The zero-order valence-corrected chi connectivity index (χ0v) is 15.6. The molecule has 0 saturated carbocycles. The van der Waals surface area contributed by atoms with E-state index in [1.165, 1.54) is 5.56 Å². The average Bonchev–Trinajstić information content (AvgIpc) is 2.70. The van der Waals surface area contributed by atoms with Crippen LogP contribution in [0, 0.1) is 5.92 Å². The van der Waals surface area contributed by atoms with E-state index in [1.54, 1.807) is 18.9 Å². The van der Waals surface area contributed by atoms with Crippen LogP contribution in [0.4, 0.5) is 5.69 Å². The van der Waals surface area contributed by atoms with Crippen molar-refractivity contribution in [3.8, 4) is 5.75 Å².